The number of aryl methyl sites for hydroxylation is 1. The molecule has 25 heavy (non-hydrogen) atoms. The smallest absolute Gasteiger partial charge is 0.339 e. The zero-order valence-electron chi connectivity index (χ0n) is 14.9. The summed E-state index contributed by atoms with van der Waals surface area (Å²) in [7, 11) is 1.30. The standard InChI is InChI=1S/C19H21NO5/c1-10-16(19(23)24-5)11(2)20-17(10)18(22)13(4)25-15-8-6-14(7-9-15)12(3)21/h6-9,13,20H,1-5H3/t13-/m0/s1. The maximum absolute atomic E-state index is 12.7. The van der Waals surface area contributed by atoms with Crippen molar-refractivity contribution in [1.29, 1.82) is 0 Å². The van der Waals surface area contributed by atoms with E-state index in [1.807, 2.05) is 0 Å². The highest BCUT2D eigenvalue weighted by Crippen LogP contribution is 2.22. The highest BCUT2D eigenvalue weighted by Gasteiger charge is 2.26. The Kier molecular flexibility index (Phi) is 5.41. The summed E-state index contributed by atoms with van der Waals surface area (Å²) in [6, 6.07) is 6.59. The van der Waals surface area contributed by atoms with Crippen LogP contribution in [0.25, 0.3) is 0 Å². The van der Waals surface area contributed by atoms with Crippen LogP contribution in [0.15, 0.2) is 24.3 Å². The third-order valence-corrected chi connectivity index (χ3v) is 4.02. The fourth-order valence-electron chi connectivity index (χ4n) is 2.63. The van der Waals surface area contributed by atoms with Gasteiger partial charge in [-0.3, -0.25) is 9.59 Å². The molecule has 0 aliphatic carbocycles. The number of Topliss-reactive ketones (excluding diaryl/α,β-unsaturated/α-hetero) is 2. The summed E-state index contributed by atoms with van der Waals surface area (Å²) in [4.78, 5) is 38.7. The molecule has 0 aliphatic heterocycles. The maximum Gasteiger partial charge on any atom is 0.339 e. The molecule has 6 nitrogen and oxygen atoms in total. The number of ether oxygens (including phenoxy) is 2. The Labute approximate surface area is 146 Å². The molecule has 0 saturated heterocycles. The Hall–Kier alpha value is -2.89. The number of esters is 1. The predicted molar refractivity (Wildman–Crippen MR) is 92.5 cm³/mol. The number of carbonyl (C=O) groups is 3. The van der Waals surface area contributed by atoms with Gasteiger partial charge in [0, 0.05) is 11.3 Å². The van der Waals surface area contributed by atoms with Gasteiger partial charge in [-0.2, -0.15) is 0 Å². The Morgan fingerprint density at radius 2 is 1.68 bits per heavy atom. The first-order chi connectivity index (χ1) is 11.8. The number of ketones is 2. The van der Waals surface area contributed by atoms with Gasteiger partial charge in [-0.05, 0) is 57.5 Å². The molecule has 1 N–H and O–H groups in total. The molecule has 1 heterocycles. The summed E-state index contributed by atoms with van der Waals surface area (Å²) >= 11 is 0. The van der Waals surface area contributed by atoms with E-state index in [9.17, 15) is 14.4 Å². The van der Waals surface area contributed by atoms with Crippen LogP contribution in [0.3, 0.4) is 0 Å². The van der Waals surface area contributed by atoms with Crippen molar-refractivity contribution < 1.29 is 23.9 Å². The second-order valence-corrected chi connectivity index (χ2v) is 5.82. The van der Waals surface area contributed by atoms with Crippen molar-refractivity contribution in [2.75, 3.05) is 7.11 Å². The molecule has 0 unspecified atom stereocenters. The lowest BCUT2D eigenvalue weighted by molar-refractivity contribution is 0.0599. The summed E-state index contributed by atoms with van der Waals surface area (Å²) in [6.07, 6.45) is -0.759. The molecule has 0 radical (unpaired) electrons. The van der Waals surface area contributed by atoms with Crippen molar-refractivity contribution in [1.82, 2.24) is 4.98 Å². The normalized spacial score (nSPS) is 11.7. The van der Waals surface area contributed by atoms with E-state index in [0.29, 0.717) is 33.8 Å². The van der Waals surface area contributed by atoms with E-state index in [-0.39, 0.29) is 11.6 Å². The lowest BCUT2D eigenvalue weighted by Gasteiger charge is -2.14. The lowest BCUT2D eigenvalue weighted by Crippen LogP contribution is -2.25. The van der Waals surface area contributed by atoms with E-state index in [4.69, 9.17) is 9.47 Å². The number of rotatable bonds is 6. The molecule has 1 aromatic heterocycles. The van der Waals surface area contributed by atoms with Gasteiger partial charge >= 0.3 is 5.97 Å². The van der Waals surface area contributed by atoms with E-state index in [1.165, 1.54) is 14.0 Å². The number of nitrogens with one attached hydrogen (secondary N) is 1. The minimum absolute atomic E-state index is 0.0384. The molecule has 6 heteroatoms. The zero-order chi connectivity index (χ0) is 18.7. The molecule has 2 rings (SSSR count). The van der Waals surface area contributed by atoms with Gasteiger partial charge in [0.2, 0.25) is 5.78 Å². The Bertz CT molecular complexity index is 817. The molecule has 0 aliphatic rings. The number of hydrogen-bond donors (Lipinski definition) is 1. The second kappa shape index (κ2) is 7.34. The van der Waals surface area contributed by atoms with Crippen molar-refractivity contribution in [3.05, 3.63) is 52.3 Å². The maximum atomic E-state index is 12.7. The number of H-pyrrole nitrogens is 1. The molecular weight excluding hydrogens is 322 g/mol. The SMILES string of the molecule is COC(=O)c1c(C)[nH]c(C(=O)[C@H](C)Oc2ccc(C(C)=O)cc2)c1C. The van der Waals surface area contributed by atoms with Crippen LogP contribution in [0.4, 0.5) is 0 Å². The van der Waals surface area contributed by atoms with Crippen LogP contribution in [0.2, 0.25) is 0 Å². The Morgan fingerprint density at radius 3 is 2.20 bits per heavy atom. The van der Waals surface area contributed by atoms with Crippen LogP contribution in [-0.4, -0.2) is 35.7 Å². The molecule has 132 valence electrons. The van der Waals surface area contributed by atoms with Gasteiger partial charge < -0.3 is 14.5 Å². The third kappa shape index (κ3) is 3.79. The van der Waals surface area contributed by atoms with Crippen molar-refractivity contribution in [3.63, 3.8) is 0 Å². The van der Waals surface area contributed by atoms with Gasteiger partial charge in [0.1, 0.15) is 5.75 Å². The van der Waals surface area contributed by atoms with Gasteiger partial charge in [0.25, 0.3) is 0 Å². The van der Waals surface area contributed by atoms with E-state index in [1.54, 1.807) is 45.0 Å². The van der Waals surface area contributed by atoms with E-state index in [2.05, 4.69) is 4.98 Å². The van der Waals surface area contributed by atoms with Gasteiger partial charge in [0.15, 0.2) is 11.9 Å². The summed E-state index contributed by atoms with van der Waals surface area (Å²) in [5.74, 6) is -0.312. The predicted octanol–water partition coefficient (Wildman–Crippen LogP) is 3.27. The molecule has 0 spiro atoms. The first-order valence-electron chi connectivity index (χ1n) is 7.85. The number of aromatic amines is 1. The minimum Gasteiger partial charge on any atom is -0.483 e. The first kappa shape index (κ1) is 18.4. The topological polar surface area (TPSA) is 85.5 Å². The zero-order valence-corrected chi connectivity index (χ0v) is 14.9. The summed E-state index contributed by atoms with van der Waals surface area (Å²) in [6.45, 7) is 6.52. The molecule has 0 saturated carbocycles. The quantitative estimate of drug-likeness (QED) is 0.643. The van der Waals surface area contributed by atoms with Crippen LogP contribution in [-0.2, 0) is 4.74 Å². The molecule has 2 aromatic rings. The van der Waals surface area contributed by atoms with Crippen molar-refractivity contribution in [3.8, 4) is 5.75 Å². The van der Waals surface area contributed by atoms with Crippen LogP contribution < -0.4 is 4.74 Å². The van der Waals surface area contributed by atoms with Crippen molar-refractivity contribution in [2.24, 2.45) is 0 Å². The molecular formula is C19H21NO5. The first-order valence-corrected chi connectivity index (χ1v) is 7.85. The second-order valence-electron chi connectivity index (χ2n) is 5.82. The Balaban J connectivity index is 2.20. The monoisotopic (exact) mass is 343 g/mol. The molecule has 0 amide bonds. The van der Waals surface area contributed by atoms with Crippen LogP contribution in [0.1, 0.15) is 56.3 Å². The minimum atomic E-state index is -0.759. The van der Waals surface area contributed by atoms with Crippen LogP contribution in [0.5, 0.6) is 5.75 Å². The highest BCUT2D eigenvalue weighted by atomic mass is 16.5. The van der Waals surface area contributed by atoms with E-state index in [0.717, 1.165) is 0 Å². The lowest BCUT2D eigenvalue weighted by atomic mass is 10.1. The summed E-state index contributed by atoms with van der Waals surface area (Å²) in [5.41, 5.74) is 2.38. The Morgan fingerprint density at radius 1 is 1.08 bits per heavy atom. The third-order valence-electron chi connectivity index (χ3n) is 4.02. The number of methoxy groups -OCH3 is 1. The molecule has 1 aromatic carbocycles. The van der Waals surface area contributed by atoms with Crippen LogP contribution in [0, 0.1) is 13.8 Å². The van der Waals surface area contributed by atoms with Gasteiger partial charge in [-0.25, -0.2) is 4.79 Å². The van der Waals surface area contributed by atoms with Gasteiger partial charge in [0.05, 0.1) is 18.4 Å². The molecule has 0 bridgehead atoms. The van der Waals surface area contributed by atoms with E-state index >= 15 is 0 Å². The molecule has 0 fully saturated rings. The average molecular weight is 343 g/mol. The van der Waals surface area contributed by atoms with Crippen molar-refractivity contribution in [2.45, 2.75) is 33.8 Å². The number of benzene rings is 1. The van der Waals surface area contributed by atoms with E-state index < -0.39 is 12.1 Å². The van der Waals surface area contributed by atoms with Crippen molar-refractivity contribution >= 4 is 17.5 Å². The van der Waals surface area contributed by atoms with Gasteiger partial charge in [-0.15, -0.1) is 0 Å². The number of carbonyl (C=O) groups excluding carboxylic acids is 3. The largest absolute Gasteiger partial charge is 0.483 e. The fraction of sp³-hybridized carbons (Fsp3) is 0.316. The summed E-state index contributed by atoms with van der Waals surface area (Å²) < 4.78 is 10.4. The van der Waals surface area contributed by atoms with Crippen LogP contribution >= 0.6 is 0 Å². The summed E-state index contributed by atoms with van der Waals surface area (Å²) in [5, 5.41) is 0. The highest BCUT2D eigenvalue weighted by molar-refractivity contribution is 6.03. The fourth-order valence-corrected chi connectivity index (χ4v) is 2.63. The average Bonchev–Trinajstić information content (AvgIpc) is 2.88. The van der Waals surface area contributed by atoms with Gasteiger partial charge in [-0.1, -0.05) is 0 Å². The molecule has 1 atom stereocenters. The number of hydrogen-bond acceptors (Lipinski definition) is 5. The number of aromatic nitrogens is 1.